The van der Waals surface area contributed by atoms with Crippen LogP contribution in [0.25, 0.3) is 0 Å². The molecule has 8 heteroatoms. The van der Waals surface area contributed by atoms with E-state index in [1.54, 1.807) is 12.1 Å². The maximum absolute atomic E-state index is 12.2. The summed E-state index contributed by atoms with van der Waals surface area (Å²) in [6, 6.07) is 5.93. The molecule has 1 atom stereocenters. The molecule has 2 aliphatic heterocycles. The summed E-state index contributed by atoms with van der Waals surface area (Å²) in [4.78, 5) is 4.06. The molecule has 0 radical (unpaired) electrons. The molecule has 26 heavy (non-hydrogen) atoms. The first-order chi connectivity index (χ1) is 11.9. The van der Waals surface area contributed by atoms with Gasteiger partial charge in [-0.1, -0.05) is 0 Å². The predicted octanol–water partition coefficient (Wildman–Crippen LogP) is 3.19. The lowest BCUT2D eigenvalue weighted by atomic mass is 9.79. The van der Waals surface area contributed by atoms with Crippen LogP contribution in [0.4, 0.5) is 18.9 Å². The molecule has 1 aromatic carbocycles. The molecule has 1 unspecified atom stereocenters. The Labute approximate surface area is 151 Å². The Morgan fingerprint density at radius 1 is 1.08 bits per heavy atom. The van der Waals surface area contributed by atoms with Gasteiger partial charge in [0.1, 0.15) is 5.75 Å². The molecule has 146 valence electrons. The smallest absolute Gasteiger partial charge is 0.406 e. The minimum atomic E-state index is -4.68. The Bertz CT molecular complexity index is 622. The van der Waals surface area contributed by atoms with Crippen LogP contribution >= 0.6 is 0 Å². The maximum atomic E-state index is 12.2. The Morgan fingerprint density at radius 3 is 2.23 bits per heavy atom. The third-order valence-corrected chi connectivity index (χ3v) is 4.73. The van der Waals surface area contributed by atoms with Crippen molar-refractivity contribution in [2.24, 2.45) is 5.41 Å². The number of aliphatic hydroxyl groups excluding tert-OH is 1. The molecule has 2 fully saturated rings. The molecule has 5 nitrogen and oxygen atoms in total. The highest BCUT2D eigenvalue weighted by Crippen LogP contribution is 2.42. The fourth-order valence-electron chi connectivity index (χ4n) is 3.61. The number of likely N-dealkylation sites (tertiary alicyclic amines) is 1. The highest BCUT2D eigenvalue weighted by molar-refractivity contribution is 5.52. The van der Waals surface area contributed by atoms with Gasteiger partial charge in [-0.3, -0.25) is 4.90 Å². The lowest BCUT2D eigenvalue weighted by Crippen LogP contribution is -2.58. The number of rotatable bonds is 4. The van der Waals surface area contributed by atoms with Crippen molar-refractivity contribution in [2.75, 3.05) is 31.1 Å². The molecule has 2 aliphatic rings. The van der Waals surface area contributed by atoms with Crippen molar-refractivity contribution in [2.45, 2.75) is 45.6 Å². The second-order valence-electron chi connectivity index (χ2n) is 8.17. The van der Waals surface area contributed by atoms with Gasteiger partial charge >= 0.3 is 6.36 Å². The van der Waals surface area contributed by atoms with Gasteiger partial charge in [-0.2, -0.15) is 0 Å². The van der Waals surface area contributed by atoms with Gasteiger partial charge in [0.25, 0.3) is 0 Å². The summed E-state index contributed by atoms with van der Waals surface area (Å²) >= 11 is 0. The zero-order valence-corrected chi connectivity index (χ0v) is 15.2. The van der Waals surface area contributed by atoms with E-state index in [0.29, 0.717) is 0 Å². The number of halogens is 3. The normalized spacial score (nSPS) is 21.7. The fourth-order valence-corrected chi connectivity index (χ4v) is 3.61. The molecule has 0 aliphatic carbocycles. The summed E-state index contributed by atoms with van der Waals surface area (Å²) in [6.07, 6.45) is -4.63. The zero-order chi connectivity index (χ0) is 19.2. The second kappa shape index (κ2) is 6.58. The van der Waals surface area contributed by atoms with Gasteiger partial charge in [-0.25, -0.2) is 0 Å². The minimum absolute atomic E-state index is 0.101. The molecular weight excluding hydrogens is 349 g/mol. The van der Waals surface area contributed by atoms with Crippen LogP contribution in [0.3, 0.4) is 0 Å². The van der Waals surface area contributed by atoms with Crippen molar-refractivity contribution in [1.29, 1.82) is 0 Å². The highest BCUT2D eigenvalue weighted by atomic mass is 19.4. The molecule has 0 bridgehead atoms. The van der Waals surface area contributed by atoms with Gasteiger partial charge < -0.3 is 19.5 Å². The van der Waals surface area contributed by atoms with Crippen molar-refractivity contribution in [3.63, 3.8) is 0 Å². The summed E-state index contributed by atoms with van der Waals surface area (Å²) in [5.41, 5.74) is 0.555. The summed E-state index contributed by atoms with van der Waals surface area (Å²) < 4.78 is 46.1. The van der Waals surface area contributed by atoms with Crippen molar-refractivity contribution in [3.8, 4) is 5.75 Å². The molecule has 2 saturated heterocycles. The number of nitrogens with zero attached hydrogens (tertiary/aromatic N) is 2. The minimum Gasteiger partial charge on any atom is -0.406 e. The fraction of sp³-hybridized carbons (Fsp3) is 0.667. The van der Waals surface area contributed by atoms with Crippen LogP contribution in [-0.2, 0) is 4.74 Å². The molecule has 1 spiro atoms. The van der Waals surface area contributed by atoms with Crippen LogP contribution in [0.1, 0.15) is 27.2 Å². The van der Waals surface area contributed by atoms with E-state index in [9.17, 15) is 18.3 Å². The van der Waals surface area contributed by atoms with Gasteiger partial charge in [0.15, 0.2) is 0 Å². The maximum Gasteiger partial charge on any atom is 0.573 e. The Hall–Kier alpha value is -1.51. The van der Waals surface area contributed by atoms with E-state index in [-0.39, 0.29) is 11.2 Å². The van der Waals surface area contributed by atoms with Gasteiger partial charge in [0, 0.05) is 37.3 Å². The van der Waals surface area contributed by atoms with E-state index in [2.05, 4.69) is 9.64 Å². The van der Waals surface area contributed by atoms with Crippen molar-refractivity contribution >= 4 is 5.69 Å². The van der Waals surface area contributed by atoms with Crippen LogP contribution in [0, 0.1) is 5.41 Å². The van der Waals surface area contributed by atoms with Crippen LogP contribution in [-0.4, -0.2) is 54.6 Å². The number of ether oxygens (including phenoxy) is 2. The molecule has 0 saturated carbocycles. The monoisotopic (exact) mass is 374 g/mol. The predicted molar refractivity (Wildman–Crippen MR) is 90.8 cm³/mol. The third-order valence-electron chi connectivity index (χ3n) is 4.73. The summed E-state index contributed by atoms with van der Waals surface area (Å²) in [5, 5.41) is 10.2. The van der Waals surface area contributed by atoms with Crippen LogP contribution in [0.2, 0.25) is 0 Å². The zero-order valence-electron chi connectivity index (χ0n) is 15.2. The summed E-state index contributed by atoms with van der Waals surface area (Å²) in [7, 11) is 0. The van der Waals surface area contributed by atoms with Crippen LogP contribution in [0.15, 0.2) is 24.3 Å². The first-order valence-electron chi connectivity index (χ1n) is 8.66. The van der Waals surface area contributed by atoms with Crippen LogP contribution in [0.5, 0.6) is 5.75 Å². The number of aliphatic hydroxyl groups is 1. The van der Waals surface area contributed by atoms with Crippen molar-refractivity contribution in [3.05, 3.63) is 24.3 Å². The Morgan fingerprint density at radius 2 is 1.69 bits per heavy atom. The molecular formula is C18H25F3N2O3. The SMILES string of the molecule is CC(C)(C)OC(O)N1CCC2(CN(c3ccc(OC(F)(F)F)cc3)C2)C1. The molecule has 0 aromatic heterocycles. The molecule has 1 N–H and O–H groups in total. The van der Waals surface area contributed by atoms with Crippen molar-refractivity contribution < 1.29 is 27.8 Å². The first-order valence-corrected chi connectivity index (χ1v) is 8.66. The van der Waals surface area contributed by atoms with E-state index in [1.807, 2.05) is 25.7 Å². The molecule has 3 rings (SSSR count). The molecule has 2 heterocycles. The van der Waals surface area contributed by atoms with E-state index < -0.39 is 18.4 Å². The third kappa shape index (κ3) is 4.61. The quantitative estimate of drug-likeness (QED) is 0.820. The Balaban J connectivity index is 1.52. The summed E-state index contributed by atoms with van der Waals surface area (Å²) in [6.45, 7) is 8.84. The van der Waals surface area contributed by atoms with Gasteiger partial charge in [0.2, 0.25) is 6.41 Å². The first kappa shape index (κ1) is 19.3. The van der Waals surface area contributed by atoms with E-state index in [0.717, 1.165) is 38.3 Å². The number of benzene rings is 1. The highest BCUT2D eigenvalue weighted by Gasteiger charge is 2.49. The average Bonchev–Trinajstić information content (AvgIpc) is 2.89. The largest absolute Gasteiger partial charge is 0.573 e. The average molecular weight is 374 g/mol. The van der Waals surface area contributed by atoms with Gasteiger partial charge in [-0.05, 0) is 51.5 Å². The summed E-state index contributed by atoms with van der Waals surface area (Å²) in [5.74, 6) is -0.217. The number of alkyl halides is 3. The number of hydrogen-bond donors (Lipinski definition) is 1. The molecule has 0 amide bonds. The topological polar surface area (TPSA) is 45.2 Å². The van der Waals surface area contributed by atoms with Crippen molar-refractivity contribution in [1.82, 2.24) is 4.90 Å². The molecule has 1 aromatic rings. The number of hydrogen-bond acceptors (Lipinski definition) is 5. The van der Waals surface area contributed by atoms with E-state index >= 15 is 0 Å². The second-order valence-corrected chi connectivity index (χ2v) is 8.17. The van der Waals surface area contributed by atoms with E-state index in [1.165, 1.54) is 12.1 Å². The number of anilines is 1. The lowest BCUT2D eigenvalue weighted by molar-refractivity contribution is -0.274. The van der Waals surface area contributed by atoms with Gasteiger partial charge in [-0.15, -0.1) is 13.2 Å². The lowest BCUT2D eigenvalue weighted by Gasteiger charge is -2.49. The Kier molecular flexibility index (Phi) is 4.87. The standard InChI is InChI=1S/C18H25F3N2O3/c1-16(2,3)26-15(24)22-9-8-17(10-22)11-23(12-17)13-4-6-14(7-5-13)25-18(19,20)21/h4-7,15,24H,8-12H2,1-3H3. The van der Waals surface area contributed by atoms with Gasteiger partial charge in [0.05, 0.1) is 5.60 Å². The van der Waals surface area contributed by atoms with E-state index in [4.69, 9.17) is 4.74 Å². The van der Waals surface area contributed by atoms with Crippen LogP contribution < -0.4 is 9.64 Å².